The van der Waals surface area contributed by atoms with Crippen molar-refractivity contribution in [3.8, 4) is 6.07 Å². The lowest BCUT2D eigenvalue weighted by Gasteiger charge is -2.34. The second-order valence-corrected chi connectivity index (χ2v) is 7.99. The Labute approximate surface area is 128 Å². The van der Waals surface area contributed by atoms with Crippen molar-refractivity contribution in [3.63, 3.8) is 0 Å². The average Bonchev–Trinajstić information content (AvgIpc) is 2.71. The summed E-state index contributed by atoms with van der Waals surface area (Å²) in [5.74, 6) is 0.682. The molecule has 0 bridgehead atoms. The molecular formula is C16H17ClN2S. The van der Waals surface area contributed by atoms with E-state index < -0.39 is 0 Å². The standard InChI is InChI=1S/C16H17ClN2S/c1-16(2,3)10-4-5-12-9(6-10)7-11-14(17)13(8-18)20-15(11)19-12/h7,10H,4-6H2,1-3H3. The number of aromatic nitrogens is 1. The van der Waals surface area contributed by atoms with Crippen molar-refractivity contribution in [2.24, 2.45) is 11.3 Å². The summed E-state index contributed by atoms with van der Waals surface area (Å²) in [4.78, 5) is 6.22. The Hall–Kier alpha value is -1.11. The zero-order valence-corrected chi connectivity index (χ0v) is 13.5. The summed E-state index contributed by atoms with van der Waals surface area (Å²) in [6.07, 6.45) is 3.29. The quantitative estimate of drug-likeness (QED) is 0.689. The van der Waals surface area contributed by atoms with Gasteiger partial charge in [0.1, 0.15) is 15.8 Å². The maximum absolute atomic E-state index is 9.08. The highest BCUT2D eigenvalue weighted by molar-refractivity contribution is 7.19. The molecule has 0 saturated carbocycles. The Morgan fingerprint density at radius 3 is 2.85 bits per heavy atom. The highest BCUT2D eigenvalue weighted by Crippen LogP contribution is 2.40. The molecule has 0 N–H and O–H groups in total. The van der Waals surface area contributed by atoms with Crippen molar-refractivity contribution in [2.75, 3.05) is 0 Å². The summed E-state index contributed by atoms with van der Waals surface area (Å²) in [5, 5.41) is 10.6. The average molecular weight is 305 g/mol. The van der Waals surface area contributed by atoms with Gasteiger partial charge in [-0.05, 0) is 42.2 Å². The van der Waals surface area contributed by atoms with Crippen LogP contribution in [0.2, 0.25) is 5.02 Å². The molecule has 3 rings (SSSR count). The van der Waals surface area contributed by atoms with Crippen molar-refractivity contribution < 1.29 is 0 Å². The molecule has 1 aliphatic carbocycles. The fourth-order valence-corrected chi connectivity index (χ4v) is 4.18. The molecule has 0 spiro atoms. The maximum Gasteiger partial charge on any atom is 0.126 e. The third-order valence-electron chi connectivity index (χ3n) is 4.31. The number of aryl methyl sites for hydroxylation is 1. The van der Waals surface area contributed by atoms with Gasteiger partial charge in [0, 0.05) is 11.1 Å². The number of nitriles is 1. The van der Waals surface area contributed by atoms with Crippen molar-refractivity contribution in [3.05, 3.63) is 27.2 Å². The number of hydrogen-bond acceptors (Lipinski definition) is 3. The lowest BCUT2D eigenvalue weighted by Crippen LogP contribution is -2.27. The second kappa shape index (κ2) is 4.72. The van der Waals surface area contributed by atoms with Gasteiger partial charge in [-0.3, -0.25) is 0 Å². The van der Waals surface area contributed by atoms with E-state index in [1.807, 2.05) is 0 Å². The number of hydrogen-bond donors (Lipinski definition) is 0. The lowest BCUT2D eigenvalue weighted by atomic mass is 9.71. The van der Waals surface area contributed by atoms with Crippen molar-refractivity contribution in [2.45, 2.75) is 40.0 Å². The molecule has 0 aliphatic heterocycles. The van der Waals surface area contributed by atoms with E-state index in [0.717, 1.165) is 23.1 Å². The predicted molar refractivity (Wildman–Crippen MR) is 84.3 cm³/mol. The van der Waals surface area contributed by atoms with Gasteiger partial charge in [0.15, 0.2) is 0 Å². The molecule has 0 saturated heterocycles. The Morgan fingerprint density at radius 2 is 2.20 bits per heavy atom. The summed E-state index contributed by atoms with van der Waals surface area (Å²) in [7, 11) is 0. The Balaban J connectivity index is 2.09. The SMILES string of the molecule is CC(C)(C)C1CCc2nc3sc(C#N)c(Cl)c3cc2C1. The van der Waals surface area contributed by atoms with E-state index in [1.165, 1.54) is 29.0 Å². The number of rotatable bonds is 0. The van der Waals surface area contributed by atoms with Gasteiger partial charge in [-0.2, -0.15) is 5.26 Å². The van der Waals surface area contributed by atoms with Gasteiger partial charge in [0.25, 0.3) is 0 Å². The number of thiophene rings is 1. The largest absolute Gasteiger partial charge is 0.242 e. The third kappa shape index (κ3) is 2.21. The lowest BCUT2D eigenvalue weighted by molar-refractivity contribution is 0.215. The summed E-state index contributed by atoms with van der Waals surface area (Å²) in [5.41, 5.74) is 2.83. The fraction of sp³-hybridized carbons (Fsp3) is 0.500. The molecule has 2 aromatic rings. The minimum absolute atomic E-state index is 0.322. The highest BCUT2D eigenvalue weighted by Gasteiger charge is 2.30. The van der Waals surface area contributed by atoms with Gasteiger partial charge in [0.2, 0.25) is 0 Å². The van der Waals surface area contributed by atoms with E-state index in [-0.39, 0.29) is 0 Å². The molecule has 0 aromatic carbocycles. The summed E-state index contributed by atoms with van der Waals surface area (Å²) in [6.45, 7) is 6.92. The molecular weight excluding hydrogens is 288 g/mol. The summed E-state index contributed by atoms with van der Waals surface area (Å²) in [6, 6.07) is 4.32. The summed E-state index contributed by atoms with van der Waals surface area (Å²) < 4.78 is 0. The van der Waals surface area contributed by atoms with E-state index >= 15 is 0 Å². The molecule has 0 amide bonds. The van der Waals surface area contributed by atoms with E-state index in [2.05, 4.69) is 32.9 Å². The molecule has 20 heavy (non-hydrogen) atoms. The van der Waals surface area contributed by atoms with Gasteiger partial charge in [-0.15, -0.1) is 11.3 Å². The second-order valence-electron chi connectivity index (χ2n) is 6.61. The van der Waals surface area contributed by atoms with E-state index in [9.17, 15) is 0 Å². The van der Waals surface area contributed by atoms with Crippen LogP contribution in [0.25, 0.3) is 10.2 Å². The zero-order chi connectivity index (χ0) is 14.5. The minimum Gasteiger partial charge on any atom is -0.242 e. The molecule has 4 heteroatoms. The first-order valence-corrected chi connectivity index (χ1v) is 8.10. The maximum atomic E-state index is 9.08. The molecule has 2 nitrogen and oxygen atoms in total. The molecule has 1 aliphatic rings. The van der Waals surface area contributed by atoms with E-state index in [0.29, 0.717) is 21.2 Å². The molecule has 2 aromatic heterocycles. The molecule has 2 heterocycles. The molecule has 0 fully saturated rings. The normalized spacial score (nSPS) is 18.9. The van der Waals surface area contributed by atoms with Gasteiger partial charge >= 0.3 is 0 Å². The predicted octanol–water partition coefficient (Wildman–Crippen LogP) is 4.97. The van der Waals surface area contributed by atoms with Crippen LogP contribution in [-0.4, -0.2) is 4.98 Å². The number of fused-ring (bicyclic) bond motifs is 2. The third-order valence-corrected chi connectivity index (χ3v) is 5.82. The molecule has 104 valence electrons. The minimum atomic E-state index is 0.322. The van der Waals surface area contributed by atoms with Crippen LogP contribution in [0, 0.1) is 22.7 Å². The van der Waals surface area contributed by atoms with Crippen molar-refractivity contribution >= 4 is 33.2 Å². The Kier molecular flexibility index (Phi) is 3.27. The monoisotopic (exact) mass is 304 g/mol. The van der Waals surface area contributed by atoms with Crippen molar-refractivity contribution in [1.82, 2.24) is 4.98 Å². The number of nitrogens with zero attached hydrogens (tertiary/aromatic N) is 2. The van der Waals surface area contributed by atoms with Gasteiger partial charge < -0.3 is 0 Å². The van der Waals surface area contributed by atoms with Crippen LogP contribution >= 0.6 is 22.9 Å². The van der Waals surface area contributed by atoms with Gasteiger partial charge in [0.05, 0.1) is 5.02 Å². The van der Waals surface area contributed by atoms with Gasteiger partial charge in [-0.25, -0.2) is 4.98 Å². The van der Waals surface area contributed by atoms with Crippen LogP contribution in [0.1, 0.15) is 43.3 Å². The van der Waals surface area contributed by atoms with Crippen LogP contribution in [0.4, 0.5) is 0 Å². The zero-order valence-electron chi connectivity index (χ0n) is 12.0. The van der Waals surface area contributed by atoms with E-state index in [1.54, 1.807) is 0 Å². The number of pyridine rings is 1. The van der Waals surface area contributed by atoms with Crippen LogP contribution < -0.4 is 0 Å². The summed E-state index contributed by atoms with van der Waals surface area (Å²) >= 11 is 7.67. The Bertz CT molecular complexity index is 719. The number of halogens is 1. The van der Waals surface area contributed by atoms with Crippen LogP contribution in [-0.2, 0) is 12.8 Å². The molecule has 0 radical (unpaired) electrons. The smallest absolute Gasteiger partial charge is 0.126 e. The van der Waals surface area contributed by atoms with Crippen LogP contribution in [0.3, 0.4) is 0 Å². The van der Waals surface area contributed by atoms with Crippen LogP contribution in [0.15, 0.2) is 6.07 Å². The highest BCUT2D eigenvalue weighted by atomic mass is 35.5. The van der Waals surface area contributed by atoms with Crippen LogP contribution in [0.5, 0.6) is 0 Å². The van der Waals surface area contributed by atoms with Crippen molar-refractivity contribution in [1.29, 1.82) is 5.26 Å². The fourth-order valence-electron chi connectivity index (χ4n) is 2.96. The first-order valence-electron chi connectivity index (χ1n) is 6.91. The Morgan fingerprint density at radius 1 is 1.45 bits per heavy atom. The van der Waals surface area contributed by atoms with Gasteiger partial charge in [-0.1, -0.05) is 32.4 Å². The van der Waals surface area contributed by atoms with E-state index in [4.69, 9.17) is 21.8 Å². The first kappa shape index (κ1) is 13.9. The first-order chi connectivity index (χ1) is 9.40. The molecule has 1 unspecified atom stereocenters. The molecule has 1 atom stereocenters. The topological polar surface area (TPSA) is 36.7 Å².